The highest BCUT2D eigenvalue weighted by Gasteiger charge is 2.02. The first-order chi connectivity index (χ1) is 18.6. The molecule has 3 aromatic rings. The Hall–Kier alpha value is -4.37. The predicted octanol–water partition coefficient (Wildman–Crippen LogP) is 7.74. The number of carbonyl (C=O) groups is 1. The number of methoxy groups -OCH3 is 1. The molecule has 198 valence electrons. The number of benzene rings is 3. The molecule has 0 unspecified atom stereocenters. The van der Waals surface area contributed by atoms with E-state index in [0.717, 1.165) is 47.4 Å². The normalized spacial score (nSPS) is 11.1. The molecule has 3 aromatic carbocycles. The molecular weight excluding hydrogens is 484 g/mol. The van der Waals surface area contributed by atoms with E-state index in [2.05, 4.69) is 27.0 Å². The number of hydrogen-bond donors (Lipinski definition) is 0. The Morgan fingerprint density at radius 1 is 0.737 bits per heavy atom. The Bertz CT molecular complexity index is 1220. The molecular formula is C29H32N4O5. The van der Waals surface area contributed by atoms with Crippen LogP contribution in [0.3, 0.4) is 0 Å². The molecule has 0 saturated heterocycles. The van der Waals surface area contributed by atoms with Crippen LogP contribution in [-0.4, -0.2) is 39.5 Å². The van der Waals surface area contributed by atoms with E-state index in [4.69, 9.17) is 18.9 Å². The van der Waals surface area contributed by atoms with Gasteiger partial charge in [0.15, 0.2) is 0 Å². The Kier molecular flexibility index (Phi) is 11.6. The molecule has 0 spiro atoms. The van der Waals surface area contributed by atoms with E-state index >= 15 is 0 Å². The zero-order chi connectivity index (χ0) is 27.0. The number of rotatable bonds is 15. The van der Waals surface area contributed by atoms with E-state index in [0.29, 0.717) is 37.8 Å². The van der Waals surface area contributed by atoms with Crippen molar-refractivity contribution < 1.29 is 23.7 Å². The van der Waals surface area contributed by atoms with Crippen molar-refractivity contribution >= 4 is 28.7 Å². The topological polar surface area (TPSA) is 103 Å². The highest BCUT2D eigenvalue weighted by Crippen LogP contribution is 2.27. The van der Waals surface area contributed by atoms with E-state index in [9.17, 15) is 4.79 Å². The first-order valence-electron chi connectivity index (χ1n) is 12.3. The molecule has 38 heavy (non-hydrogen) atoms. The van der Waals surface area contributed by atoms with Gasteiger partial charge in [0, 0.05) is 13.2 Å². The SMILES string of the molecule is C=CC(=O)OCCCCOc1ccc(/N=N/c2ccc(/N=N/c3ccc(OCCOC)cc3)cc2)c(C)c1. The van der Waals surface area contributed by atoms with Crippen LogP contribution in [0.2, 0.25) is 0 Å². The lowest BCUT2D eigenvalue weighted by atomic mass is 10.2. The molecule has 9 heteroatoms. The van der Waals surface area contributed by atoms with Crippen LogP contribution in [0.25, 0.3) is 0 Å². The minimum Gasteiger partial charge on any atom is -0.494 e. The summed E-state index contributed by atoms with van der Waals surface area (Å²) in [4.78, 5) is 11.0. The van der Waals surface area contributed by atoms with Gasteiger partial charge in [0.25, 0.3) is 0 Å². The number of carbonyl (C=O) groups excluding carboxylic acids is 1. The van der Waals surface area contributed by atoms with Gasteiger partial charge < -0.3 is 18.9 Å². The highest BCUT2D eigenvalue weighted by atomic mass is 16.5. The number of azo groups is 2. The summed E-state index contributed by atoms with van der Waals surface area (Å²) in [5.41, 5.74) is 3.85. The second kappa shape index (κ2) is 15.7. The summed E-state index contributed by atoms with van der Waals surface area (Å²) in [7, 11) is 1.64. The molecule has 3 rings (SSSR count). The van der Waals surface area contributed by atoms with Crippen molar-refractivity contribution in [1.29, 1.82) is 0 Å². The smallest absolute Gasteiger partial charge is 0.330 e. The molecule has 0 bridgehead atoms. The molecule has 0 aliphatic rings. The predicted molar refractivity (Wildman–Crippen MR) is 146 cm³/mol. The second-order valence-corrected chi connectivity index (χ2v) is 8.13. The zero-order valence-electron chi connectivity index (χ0n) is 21.7. The Morgan fingerprint density at radius 2 is 1.29 bits per heavy atom. The molecule has 9 nitrogen and oxygen atoms in total. The van der Waals surface area contributed by atoms with Gasteiger partial charge in [-0.3, -0.25) is 0 Å². The summed E-state index contributed by atoms with van der Waals surface area (Å²) in [6.07, 6.45) is 2.66. The fourth-order valence-electron chi connectivity index (χ4n) is 3.12. The van der Waals surface area contributed by atoms with Crippen LogP contribution in [-0.2, 0) is 14.3 Å². The first kappa shape index (κ1) is 28.2. The lowest BCUT2D eigenvalue weighted by molar-refractivity contribution is -0.137. The van der Waals surface area contributed by atoms with Crippen LogP contribution in [0.5, 0.6) is 11.5 Å². The van der Waals surface area contributed by atoms with Crippen molar-refractivity contribution in [3.05, 3.63) is 84.9 Å². The molecule has 0 atom stereocenters. The maximum Gasteiger partial charge on any atom is 0.330 e. The van der Waals surface area contributed by atoms with Crippen molar-refractivity contribution in [3.63, 3.8) is 0 Å². The molecule has 0 aromatic heterocycles. The van der Waals surface area contributed by atoms with Crippen molar-refractivity contribution in [2.24, 2.45) is 20.5 Å². The molecule has 0 N–H and O–H groups in total. The molecule has 0 aliphatic carbocycles. The van der Waals surface area contributed by atoms with Crippen LogP contribution < -0.4 is 9.47 Å². The second-order valence-electron chi connectivity index (χ2n) is 8.13. The van der Waals surface area contributed by atoms with Gasteiger partial charge in [0.05, 0.1) is 42.6 Å². The van der Waals surface area contributed by atoms with Crippen molar-refractivity contribution in [3.8, 4) is 11.5 Å². The van der Waals surface area contributed by atoms with E-state index in [1.807, 2.05) is 73.7 Å². The number of unbranched alkanes of at least 4 members (excludes halogenated alkanes) is 1. The number of hydrogen-bond acceptors (Lipinski definition) is 9. The van der Waals surface area contributed by atoms with Crippen LogP contribution in [0, 0.1) is 6.92 Å². The third-order valence-corrected chi connectivity index (χ3v) is 5.18. The first-order valence-corrected chi connectivity index (χ1v) is 12.3. The largest absolute Gasteiger partial charge is 0.494 e. The van der Waals surface area contributed by atoms with Crippen LogP contribution in [0.1, 0.15) is 18.4 Å². The maximum absolute atomic E-state index is 11.0. The van der Waals surface area contributed by atoms with Gasteiger partial charge >= 0.3 is 5.97 Å². The summed E-state index contributed by atoms with van der Waals surface area (Å²) in [5.74, 6) is 1.11. The zero-order valence-corrected chi connectivity index (χ0v) is 21.7. The number of ether oxygens (including phenoxy) is 4. The average molecular weight is 517 g/mol. The van der Waals surface area contributed by atoms with Gasteiger partial charge in [0.1, 0.15) is 18.1 Å². The lowest BCUT2D eigenvalue weighted by Gasteiger charge is -2.08. The summed E-state index contributed by atoms with van der Waals surface area (Å²) in [6.45, 7) is 7.25. The van der Waals surface area contributed by atoms with Gasteiger partial charge in [-0.2, -0.15) is 20.5 Å². The molecule has 0 radical (unpaired) electrons. The average Bonchev–Trinajstić information content (AvgIpc) is 2.94. The van der Waals surface area contributed by atoms with E-state index < -0.39 is 5.97 Å². The Morgan fingerprint density at radius 3 is 1.89 bits per heavy atom. The van der Waals surface area contributed by atoms with Crippen molar-refractivity contribution in [2.45, 2.75) is 19.8 Å². The lowest BCUT2D eigenvalue weighted by Crippen LogP contribution is -2.04. The molecule has 0 aliphatic heterocycles. The maximum atomic E-state index is 11.0. The minimum atomic E-state index is -0.407. The summed E-state index contributed by atoms with van der Waals surface area (Å²) >= 11 is 0. The van der Waals surface area contributed by atoms with Gasteiger partial charge in [-0.05, 0) is 92.1 Å². The summed E-state index contributed by atoms with van der Waals surface area (Å²) in [5, 5.41) is 17.2. The number of nitrogens with zero attached hydrogens (tertiary/aromatic N) is 4. The Balaban J connectivity index is 1.46. The number of esters is 1. The molecule has 0 heterocycles. The van der Waals surface area contributed by atoms with Gasteiger partial charge in [-0.15, -0.1) is 0 Å². The van der Waals surface area contributed by atoms with E-state index in [-0.39, 0.29) is 0 Å². The van der Waals surface area contributed by atoms with Crippen LogP contribution >= 0.6 is 0 Å². The highest BCUT2D eigenvalue weighted by molar-refractivity contribution is 5.81. The fraction of sp³-hybridized carbons (Fsp3) is 0.276. The third kappa shape index (κ3) is 9.94. The summed E-state index contributed by atoms with van der Waals surface area (Å²) in [6, 6.07) is 20.4. The van der Waals surface area contributed by atoms with Gasteiger partial charge in [0.2, 0.25) is 0 Å². The van der Waals surface area contributed by atoms with Gasteiger partial charge in [-0.1, -0.05) is 6.58 Å². The fourth-order valence-corrected chi connectivity index (χ4v) is 3.12. The third-order valence-electron chi connectivity index (χ3n) is 5.18. The van der Waals surface area contributed by atoms with Crippen molar-refractivity contribution in [2.75, 3.05) is 33.5 Å². The molecule has 0 amide bonds. The van der Waals surface area contributed by atoms with Crippen LogP contribution in [0.15, 0.2) is 99.8 Å². The quantitative estimate of drug-likeness (QED) is 0.0889. The summed E-state index contributed by atoms with van der Waals surface area (Å²) < 4.78 is 21.2. The van der Waals surface area contributed by atoms with E-state index in [1.54, 1.807) is 7.11 Å². The number of aryl methyl sites for hydroxylation is 1. The molecule has 0 saturated carbocycles. The Labute approximate surface area is 222 Å². The molecule has 0 fully saturated rings. The standard InChI is InChI=1S/C29H32N4O5/c1-4-29(34)38-18-6-5-17-36-27-15-16-28(22(2)21-27)33-32-24-9-7-23(8-10-24)30-31-25-11-13-26(14-12-25)37-20-19-35-3/h4,7-16,21H,1,5-6,17-20H2,2-3H3/b31-30+,33-32+. The monoisotopic (exact) mass is 516 g/mol. The minimum absolute atomic E-state index is 0.357. The van der Waals surface area contributed by atoms with Gasteiger partial charge in [-0.25, -0.2) is 4.79 Å². The van der Waals surface area contributed by atoms with E-state index in [1.165, 1.54) is 0 Å². The van der Waals surface area contributed by atoms with Crippen molar-refractivity contribution in [1.82, 2.24) is 0 Å². The van der Waals surface area contributed by atoms with Crippen LogP contribution in [0.4, 0.5) is 22.7 Å².